The van der Waals surface area contributed by atoms with E-state index in [1.807, 2.05) is 46.9 Å². The van der Waals surface area contributed by atoms with E-state index in [1.54, 1.807) is 6.07 Å². The molecule has 0 aliphatic rings. The van der Waals surface area contributed by atoms with Crippen molar-refractivity contribution < 1.29 is 9.13 Å². The van der Waals surface area contributed by atoms with E-state index < -0.39 is 0 Å². The molecule has 0 aliphatic carbocycles. The highest BCUT2D eigenvalue weighted by molar-refractivity contribution is 14.1. The first-order valence-corrected chi connectivity index (χ1v) is 7.07. The van der Waals surface area contributed by atoms with E-state index in [9.17, 15) is 4.39 Å². The van der Waals surface area contributed by atoms with Crippen molar-refractivity contribution in [3.63, 3.8) is 0 Å². The Morgan fingerprint density at radius 1 is 1.16 bits per heavy atom. The summed E-state index contributed by atoms with van der Waals surface area (Å²) in [6.45, 7) is 4.25. The van der Waals surface area contributed by atoms with Crippen LogP contribution in [0.5, 0.6) is 11.5 Å². The molecule has 0 fully saturated rings. The van der Waals surface area contributed by atoms with Gasteiger partial charge in [0.15, 0.2) is 5.75 Å². The van der Waals surface area contributed by atoms with Crippen LogP contribution in [0.4, 0.5) is 10.1 Å². The highest BCUT2D eigenvalue weighted by atomic mass is 127. The molecule has 0 bridgehead atoms. The van der Waals surface area contributed by atoms with Gasteiger partial charge >= 0.3 is 0 Å². The Morgan fingerprint density at radius 2 is 1.79 bits per heavy atom. The fraction of sp³-hybridized carbons (Fsp3) is 0.200. The summed E-state index contributed by atoms with van der Waals surface area (Å²) < 4.78 is 19.6. The third-order valence-electron chi connectivity index (χ3n) is 2.83. The van der Waals surface area contributed by atoms with Crippen LogP contribution < -0.4 is 10.5 Å². The van der Waals surface area contributed by atoms with Crippen LogP contribution in [0.25, 0.3) is 0 Å². The molecule has 2 N–H and O–H groups in total. The van der Waals surface area contributed by atoms with E-state index in [4.69, 9.17) is 10.5 Å². The number of hydrogen-bond acceptors (Lipinski definition) is 2. The number of benzene rings is 2. The number of nitrogen functional groups attached to an aromatic ring is 1. The number of nitrogens with two attached hydrogens (primary N) is 1. The number of hydrogen-bond donors (Lipinski definition) is 1. The molecule has 4 heteroatoms. The molecule has 0 aliphatic heterocycles. The quantitative estimate of drug-likeness (QED) is 0.614. The number of halogens is 2. The smallest absolute Gasteiger partial charge is 0.153 e. The standard InChI is InChI=1S/C15H15FINO/c1-9(2)10-3-5-11(6-4-10)19-15-7-12(16)13(17)8-14(15)18/h3-9H,18H2,1-2H3. The maximum atomic E-state index is 13.5. The summed E-state index contributed by atoms with van der Waals surface area (Å²) in [4.78, 5) is 0. The third kappa shape index (κ3) is 3.37. The Hall–Kier alpha value is -1.30. The zero-order valence-corrected chi connectivity index (χ0v) is 12.9. The molecule has 0 saturated heterocycles. The Morgan fingerprint density at radius 3 is 2.37 bits per heavy atom. The molecule has 100 valence electrons. The summed E-state index contributed by atoms with van der Waals surface area (Å²) in [7, 11) is 0. The van der Waals surface area contributed by atoms with E-state index in [0.29, 0.717) is 26.7 Å². The zero-order valence-electron chi connectivity index (χ0n) is 10.8. The predicted molar refractivity (Wildman–Crippen MR) is 84.1 cm³/mol. The molecule has 0 atom stereocenters. The average Bonchev–Trinajstić information content (AvgIpc) is 2.36. The minimum Gasteiger partial charge on any atom is -0.455 e. The highest BCUT2D eigenvalue weighted by Gasteiger charge is 2.08. The second kappa shape index (κ2) is 5.77. The van der Waals surface area contributed by atoms with Gasteiger partial charge in [-0.15, -0.1) is 0 Å². The second-order valence-electron chi connectivity index (χ2n) is 4.63. The monoisotopic (exact) mass is 371 g/mol. The first-order chi connectivity index (χ1) is 8.97. The van der Waals surface area contributed by atoms with Crippen LogP contribution in [0.2, 0.25) is 0 Å². The molecule has 0 radical (unpaired) electrons. The van der Waals surface area contributed by atoms with Crippen LogP contribution in [0.15, 0.2) is 36.4 Å². The van der Waals surface area contributed by atoms with Crippen molar-refractivity contribution >= 4 is 28.3 Å². The Kier molecular flexibility index (Phi) is 4.29. The lowest BCUT2D eigenvalue weighted by Gasteiger charge is -2.11. The maximum absolute atomic E-state index is 13.5. The van der Waals surface area contributed by atoms with Crippen LogP contribution >= 0.6 is 22.6 Å². The molecule has 0 heterocycles. The van der Waals surface area contributed by atoms with Crippen LogP contribution in [0.3, 0.4) is 0 Å². The molecule has 2 rings (SSSR count). The predicted octanol–water partition coefficient (Wildman–Crippen LogP) is 4.93. The number of ether oxygens (including phenoxy) is 1. The van der Waals surface area contributed by atoms with Crippen molar-refractivity contribution in [3.05, 3.63) is 51.3 Å². The molecule has 0 unspecified atom stereocenters. The van der Waals surface area contributed by atoms with Crippen molar-refractivity contribution in [1.29, 1.82) is 0 Å². The molecule has 2 aromatic carbocycles. The summed E-state index contributed by atoms with van der Waals surface area (Å²) >= 11 is 1.90. The van der Waals surface area contributed by atoms with Gasteiger partial charge in [0.05, 0.1) is 9.26 Å². The van der Waals surface area contributed by atoms with Gasteiger partial charge < -0.3 is 10.5 Å². The Balaban J connectivity index is 2.24. The number of rotatable bonds is 3. The lowest BCUT2D eigenvalue weighted by atomic mass is 10.0. The topological polar surface area (TPSA) is 35.2 Å². The molecule has 0 aromatic heterocycles. The normalized spacial score (nSPS) is 10.8. The van der Waals surface area contributed by atoms with Gasteiger partial charge in [-0.05, 0) is 52.3 Å². The van der Waals surface area contributed by atoms with Gasteiger partial charge in [0, 0.05) is 6.07 Å². The van der Waals surface area contributed by atoms with Crippen molar-refractivity contribution in [2.75, 3.05) is 5.73 Å². The summed E-state index contributed by atoms with van der Waals surface area (Å²) in [5.74, 6) is 1.13. The summed E-state index contributed by atoms with van der Waals surface area (Å²) in [6.07, 6.45) is 0. The molecule has 2 nitrogen and oxygen atoms in total. The van der Waals surface area contributed by atoms with Gasteiger partial charge in [0.2, 0.25) is 0 Å². The first-order valence-electron chi connectivity index (χ1n) is 5.99. The first kappa shape index (κ1) is 14.1. The Bertz CT molecular complexity index is 581. The van der Waals surface area contributed by atoms with E-state index >= 15 is 0 Å². The van der Waals surface area contributed by atoms with Crippen molar-refractivity contribution in [2.24, 2.45) is 0 Å². The zero-order chi connectivity index (χ0) is 14.0. The van der Waals surface area contributed by atoms with Crippen LogP contribution in [0, 0.1) is 9.39 Å². The van der Waals surface area contributed by atoms with Gasteiger partial charge in [-0.1, -0.05) is 26.0 Å². The van der Waals surface area contributed by atoms with E-state index in [-0.39, 0.29) is 5.82 Å². The molecule has 2 aromatic rings. The summed E-state index contributed by atoms with van der Waals surface area (Å²) in [5.41, 5.74) is 7.48. The minimum atomic E-state index is -0.330. The fourth-order valence-electron chi connectivity index (χ4n) is 1.68. The van der Waals surface area contributed by atoms with Gasteiger partial charge in [-0.3, -0.25) is 0 Å². The fourth-order valence-corrected chi connectivity index (χ4v) is 2.17. The van der Waals surface area contributed by atoms with Crippen molar-refractivity contribution in [1.82, 2.24) is 0 Å². The van der Waals surface area contributed by atoms with Crippen LogP contribution in [-0.4, -0.2) is 0 Å². The van der Waals surface area contributed by atoms with Crippen molar-refractivity contribution in [2.45, 2.75) is 19.8 Å². The van der Waals surface area contributed by atoms with Crippen LogP contribution in [0.1, 0.15) is 25.3 Å². The van der Waals surface area contributed by atoms with Gasteiger partial charge in [-0.2, -0.15) is 0 Å². The van der Waals surface area contributed by atoms with E-state index in [2.05, 4.69) is 13.8 Å². The molecule has 0 amide bonds. The lowest BCUT2D eigenvalue weighted by Crippen LogP contribution is -1.95. The average molecular weight is 371 g/mol. The molecule has 19 heavy (non-hydrogen) atoms. The summed E-state index contributed by atoms with van der Waals surface area (Å²) in [6, 6.07) is 10.6. The third-order valence-corrected chi connectivity index (χ3v) is 3.65. The molecular weight excluding hydrogens is 356 g/mol. The summed E-state index contributed by atoms with van der Waals surface area (Å²) in [5, 5.41) is 0. The molecule has 0 saturated carbocycles. The lowest BCUT2D eigenvalue weighted by molar-refractivity contribution is 0.478. The van der Waals surface area contributed by atoms with Gasteiger partial charge in [-0.25, -0.2) is 4.39 Å². The Labute approximate surface area is 125 Å². The van der Waals surface area contributed by atoms with Crippen molar-refractivity contribution in [3.8, 4) is 11.5 Å². The molecular formula is C15H15FINO. The highest BCUT2D eigenvalue weighted by Crippen LogP contribution is 2.31. The van der Waals surface area contributed by atoms with Gasteiger partial charge in [0.25, 0.3) is 0 Å². The van der Waals surface area contributed by atoms with Gasteiger partial charge in [0.1, 0.15) is 11.6 Å². The number of anilines is 1. The second-order valence-corrected chi connectivity index (χ2v) is 5.79. The van der Waals surface area contributed by atoms with E-state index in [1.165, 1.54) is 11.6 Å². The minimum absolute atomic E-state index is 0.330. The molecule has 0 spiro atoms. The maximum Gasteiger partial charge on any atom is 0.153 e. The SMILES string of the molecule is CC(C)c1ccc(Oc2cc(F)c(I)cc2N)cc1. The van der Waals surface area contributed by atoms with E-state index in [0.717, 1.165) is 0 Å². The largest absolute Gasteiger partial charge is 0.455 e. The van der Waals surface area contributed by atoms with Crippen LogP contribution in [-0.2, 0) is 0 Å².